The summed E-state index contributed by atoms with van der Waals surface area (Å²) < 4.78 is 0. The Kier molecular flexibility index (Phi) is 3.77. The third-order valence-corrected chi connectivity index (χ3v) is 2.61. The first-order valence-electron chi connectivity index (χ1n) is 3.96. The van der Waals surface area contributed by atoms with Crippen molar-refractivity contribution in [3.05, 3.63) is 11.6 Å². The van der Waals surface area contributed by atoms with Gasteiger partial charge in [0.1, 0.15) is 0 Å². The number of halogens is 2. The molecule has 1 N–H and O–H groups in total. The van der Waals surface area contributed by atoms with Crippen molar-refractivity contribution >= 4 is 35.1 Å². The molecule has 6 heteroatoms. The van der Waals surface area contributed by atoms with E-state index in [4.69, 9.17) is 28.3 Å². The Labute approximate surface area is 91.1 Å². The average Bonchev–Trinajstić information content (AvgIpc) is 2.59. The summed E-state index contributed by atoms with van der Waals surface area (Å²) in [6.07, 6.45) is 0.482. The molecular formula is C8H9Cl2NO3. The molecule has 0 unspecified atom stereocenters. The van der Waals surface area contributed by atoms with Crippen LogP contribution in [-0.4, -0.2) is 46.2 Å². The molecule has 1 rings (SSSR count). The SMILES string of the molecule is O=C(CCl)C1=CCN(C(=O)O)[C@@H]1CCl. The lowest BCUT2D eigenvalue weighted by atomic mass is 10.1. The fraction of sp³-hybridized carbons (Fsp3) is 0.500. The van der Waals surface area contributed by atoms with Crippen molar-refractivity contribution in [3.8, 4) is 0 Å². The number of carboxylic acid groups (broad SMARTS) is 1. The molecule has 0 aliphatic carbocycles. The molecule has 0 aromatic heterocycles. The summed E-state index contributed by atoms with van der Waals surface area (Å²) >= 11 is 11.0. The molecular weight excluding hydrogens is 229 g/mol. The zero-order valence-corrected chi connectivity index (χ0v) is 8.75. The monoisotopic (exact) mass is 237 g/mol. The topological polar surface area (TPSA) is 57.6 Å². The Morgan fingerprint density at radius 1 is 1.57 bits per heavy atom. The van der Waals surface area contributed by atoms with Gasteiger partial charge in [0, 0.05) is 18.0 Å². The van der Waals surface area contributed by atoms with Crippen molar-refractivity contribution < 1.29 is 14.7 Å². The van der Waals surface area contributed by atoms with E-state index in [1.807, 2.05) is 0 Å². The van der Waals surface area contributed by atoms with Gasteiger partial charge in [0.05, 0.1) is 11.9 Å². The minimum atomic E-state index is -1.08. The quantitative estimate of drug-likeness (QED) is 0.754. The number of hydrogen-bond acceptors (Lipinski definition) is 2. The minimum Gasteiger partial charge on any atom is -0.465 e. The number of alkyl halides is 2. The van der Waals surface area contributed by atoms with Crippen LogP contribution < -0.4 is 0 Å². The number of carbonyl (C=O) groups excluding carboxylic acids is 1. The lowest BCUT2D eigenvalue weighted by molar-refractivity contribution is -0.113. The van der Waals surface area contributed by atoms with Crippen LogP contribution in [0.4, 0.5) is 4.79 Å². The molecule has 1 aliphatic rings. The number of carbonyl (C=O) groups is 2. The molecule has 78 valence electrons. The van der Waals surface area contributed by atoms with Crippen molar-refractivity contribution in [3.63, 3.8) is 0 Å². The molecule has 0 fully saturated rings. The maximum atomic E-state index is 11.3. The summed E-state index contributed by atoms with van der Waals surface area (Å²) in [5.74, 6) is -0.339. The number of nitrogens with zero attached hydrogens (tertiary/aromatic N) is 1. The van der Waals surface area contributed by atoms with Crippen LogP contribution in [-0.2, 0) is 4.79 Å². The zero-order valence-electron chi connectivity index (χ0n) is 7.24. The lowest BCUT2D eigenvalue weighted by Crippen LogP contribution is -2.39. The number of hydrogen-bond donors (Lipinski definition) is 1. The molecule has 1 amide bonds. The van der Waals surface area contributed by atoms with Crippen molar-refractivity contribution in [1.82, 2.24) is 4.90 Å². The van der Waals surface area contributed by atoms with Crippen LogP contribution in [0.5, 0.6) is 0 Å². The Morgan fingerprint density at radius 2 is 2.21 bits per heavy atom. The number of rotatable bonds is 3. The Hall–Kier alpha value is -0.740. The predicted octanol–water partition coefficient (Wildman–Crippen LogP) is 1.32. The number of amides is 1. The van der Waals surface area contributed by atoms with Crippen LogP contribution in [0.15, 0.2) is 11.6 Å². The predicted molar refractivity (Wildman–Crippen MR) is 53.0 cm³/mol. The van der Waals surface area contributed by atoms with E-state index in [9.17, 15) is 9.59 Å². The number of ketones is 1. The van der Waals surface area contributed by atoms with Crippen molar-refractivity contribution in [2.24, 2.45) is 0 Å². The smallest absolute Gasteiger partial charge is 0.408 e. The summed E-state index contributed by atoms with van der Waals surface area (Å²) in [4.78, 5) is 23.1. The molecule has 0 spiro atoms. The van der Waals surface area contributed by atoms with Crippen LogP contribution in [0.1, 0.15) is 0 Å². The van der Waals surface area contributed by atoms with Crippen molar-refractivity contribution in [1.29, 1.82) is 0 Å². The summed E-state index contributed by atoms with van der Waals surface area (Å²) in [6.45, 7) is 0.199. The van der Waals surface area contributed by atoms with E-state index in [-0.39, 0.29) is 24.1 Å². The van der Waals surface area contributed by atoms with Gasteiger partial charge in [-0.2, -0.15) is 0 Å². The van der Waals surface area contributed by atoms with E-state index in [2.05, 4.69) is 0 Å². The Balaban J connectivity index is 2.81. The summed E-state index contributed by atoms with van der Waals surface area (Å²) in [6, 6.07) is -0.555. The van der Waals surface area contributed by atoms with Gasteiger partial charge in [0.25, 0.3) is 0 Å². The fourth-order valence-electron chi connectivity index (χ4n) is 1.38. The summed E-state index contributed by atoms with van der Waals surface area (Å²) in [7, 11) is 0. The molecule has 1 heterocycles. The van der Waals surface area contributed by atoms with Crippen molar-refractivity contribution in [2.75, 3.05) is 18.3 Å². The van der Waals surface area contributed by atoms with E-state index < -0.39 is 12.1 Å². The van der Waals surface area contributed by atoms with E-state index in [1.165, 1.54) is 0 Å². The maximum absolute atomic E-state index is 11.3. The average molecular weight is 238 g/mol. The van der Waals surface area contributed by atoms with Crippen LogP contribution in [0.2, 0.25) is 0 Å². The van der Waals surface area contributed by atoms with Crippen molar-refractivity contribution in [2.45, 2.75) is 6.04 Å². The second-order valence-corrected chi connectivity index (χ2v) is 3.40. The van der Waals surface area contributed by atoms with E-state index in [0.717, 1.165) is 4.90 Å². The first kappa shape index (κ1) is 11.3. The molecule has 4 nitrogen and oxygen atoms in total. The largest absolute Gasteiger partial charge is 0.465 e. The van der Waals surface area contributed by atoms with Gasteiger partial charge in [0.2, 0.25) is 0 Å². The molecule has 0 saturated heterocycles. The molecule has 0 radical (unpaired) electrons. The highest BCUT2D eigenvalue weighted by molar-refractivity contribution is 6.31. The lowest BCUT2D eigenvalue weighted by Gasteiger charge is -2.21. The highest BCUT2D eigenvalue weighted by Crippen LogP contribution is 2.21. The van der Waals surface area contributed by atoms with Gasteiger partial charge in [-0.15, -0.1) is 23.2 Å². The molecule has 0 bridgehead atoms. The molecule has 1 aliphatic heterocycles. The highest BCUT2D eigenvalue weighted by Gasteiger charge is 2.33. The van der Waals surface area contributed by atoms with Gasteiger partial charge >= 0.3 is 6.09 Å². The van der Waals surface area contributed by atoms with Gasteiger partial charge in [-0.1, -0.05) is 6.08 Å². The van der Waals surface area contributed by atoms with Gasteiger partial charge in [-0.05, 0) is 0 Å². The number of Topliss-reactive ketones (excluding diaryl/α,β-unsaturated/α-hetero) is 1. The fourth-order valence-corrected chi connectivity index (χ4v) is 1.87. The molecule has 1 atom stereocenters. The van der Waals surface area contributed by atoms with Gasteiger partial charge in [-0.3, -0.25) is 9.69 Å². The second kappa shape index (κ2) is 4.66. The second-order valence-electron chi connectivity index (χ2n) is 2.82. The van der Waals surface area contributed by atoms with Gasteiger partial charge in [-0.25, -0.2) is 4.79 Å². The third-order valence-electron chi connectivity index (χ3n) is 2.08. The van der Waals surface area contributed by atoms with Crippen LogP contribution in [0.25, 0.3) is 0 Å². The van der Waals surface area contributed by atoms with Crippen LogP contribution >= 0.6 is 23.2 Å². The molecule has 0 aromatic carbocycles. The Morgan fingerprint density at radius 3 is 2.64 bits per heavy atom. The summed E-state index contributed by atoms with van der Waals surface area (Å²) in [5.41, 5.74) is 0.400. The van der Waals surface area contributed by atoms with Gasteiger partial charge in [0.15, 0.2) is 5.78 Å². The standard InChI is InChI=1S/C8H9Cl2NO3/c9-3-6-5(7(12)4-10)1-2-11(6)8(13)14/h1,6H,2-4H2,(H,13,14)/t6-/m1/s1. The molecule has 0 saturated carbocycles. The van der Waals surface area contributed by atoms with Crippen LogP contribution in [0.3, 0.4) is 0 Å². The zero-order chi connectivity index (χ0) is 10.7. The first-order chi connectivity index (χ1) is 6.61. The third kappa shape index (κ3) is 2.01. The molecule has 0 aromatic rings. The highest BCUT2D eigenvalue weighted by atomic mass is 35.5. The maximum Gasteiger partial charge on any atom is 0.408 e. The van der Waals surface area contributed by atoms with E-state index >= 15 is 0 Å². The van der Waals surface area contributed by atoms with E-state index in [0.29, 0.717) is 5.57 Å². The Bertz CT molecular complexity index is 290. The van der Waals surface area contributed by atoms with Crippen LogP contribution in [0, 0.1) is 0 Å². The van der Waals surface area contributed by atoms with E-state index in [1.54, 1.807) is 6.08 Å². The first-order valence-corrected chi connectivity index (χ1v) is 5.03. The molecule has 14 heavy (non-hydrogen) atoms. The summed E-state index contributed by atoms with van der Waals surface area (Å²) in [5, 5.41) is 8.78. The van der Waals surface area contributed by atoms with Gasteiger partial charge < -0.3 is 5.11 Å². The minimum absolute atomic E-state index is 0.0702. The normalized spacial score (nSPS) is 20.9.